The van der Waals surface area contributed by atoms with Crippen LogP contribution in [0.5, 0.6) is 0 Å². The lowest BCUT2D eigenvalue weighted by molar-refractivity contribution is -0.138. The minimum Gasteiger partial charge on any atom is -0.480 e. The van der Waals surface area contributed by atoms with Gasteiger partial charge in [0.1, 0.15) is 13.1 Å². The molecule has 0 aromatic rings. The molecule has 0 bridgehead atoms. The summed E-state index contributed by atoms with van der Waals surface area (Å²) in [5, 5.41) is 11.2. The van der Waals surface area contributed by atoms with Crippen LogP contribution in [0.3, 0.4) is 0 Å². The Bertz CT molecular complexity index is 336. The molecule has 3 amide bonds. The maximum atomic E-state index is 12.1. The number of carboxylic acids is 1. The summed E-state index contributed by atoms with van der Waals surface area (Å²) in [7, 11) is 2.93. The first kappa shape index (κ1) is 16.2. The van der Waals surface area contributed by atoms with Gasteiger partial charge in [0, 0.05) is 19.6 Å². The molecule has 0 atom stereocenters. The van der Waals surface area contributed by atoms with Gasteiger partial charge in [0.25, 0.3) is 0 Å². The summed E-state index contributed by atoms with van der Waals surface area (Å²) >= 11 is 0. The smallest absolute Gasteiger partial charge is 0.323 e. The molecule has 0 aromatic heterocycles. The number of carbonyl (C=O) groups is 3. The monoisotopic (exact) mass is 259 g/mol. The van der Waals surface area contributed by atoms with E-state index in [0.29, 0.717) is 0 Å². The lowest BCUT2D eigenvalue weighted by atomic mass is 10.1. The molecule has 0 unspecified atom stereocenters. The van der Waals surface area contributed by atoms with E-state index in [2.05, 4.69) is 5.32 Å². The first-order chi connectivity index (χ1) is 8.09. The van der Waals surface area contributed by atoms with Gasteiger partial charge < -0.3 is 20.2 Å². The zero-order valence-corrected chi connectivity index (χ0v) is 11.5. The van der Waals surface area contributed by atoms with Crippen LogP contribution < -0.4 is 5.32 Å². The molecule has 0 aliphatic carbocycles. The maximum absolute atomic E-state index is 12.1. The third-order valence-corrected chi connectivity index (χ3v) is 2.32. The van der Waals surface area contributed by atoms with Gasteiger partial charge in [-0.3, -0.25) is 9.59 Å². The highest BCUT2D eigenvalue weighted by molar-refractivity contribution is 5.85. The highest BCUT2D eigenvalue weighted by atomic mass is 16.4. The maximum Gasteiger partial charge on any atom is 0.323 e. The minimum absolute atomic E-state index is 0.110. The number of nitrogens with zero attached hydrogens (tertiary/aromatic N) is 2. The molecule has 0 aliphatic heterocycles. The van der Waals surface area contributed by atoms with Crippen molar-refractivity contribution in [3.63, 3.8) is 0 Å². The summed E-state index contributed by atoms with van der Waals surface area (Å²) in [6, 6.07) is -0.492. The Labute approximate surface area is 107 Å². The zero-order valence-electron chi connectivity index (χ0n) is 11.5. The molecule has 104 valence electrons. The van der Waals surface area contributed by atoms with E-state index in [9.17, 15) is 14.4 Å². The van der Waals surface area contributed by atoms with E-state index >= 15 is 0 Å². The van der Waals surface area contributed by atoms with Crippen LogP contribution in [-0.2, 0) is 9.59 Å². The predicted molar refractivity (Wildman–Crippen MR) is 66.2 cm³/mol. The molecule has 0 aliphatic rings. The van der Waals surface area contributed by atoms with Crippen LogP contribution >= 0.6 is 0 Å². The van der Waals surface area contributed by atoms with E-state index in [1.165, 1.54) is 23.9 Å². The van der Waals surface area contributed by atoms with Crippen molar-refractivity contribution in [3.8, 4) is 0 Å². The second-order valence-corrected chi connectivity index (χ2v) is 4.96. The number of hydrogen-bond donors (Lipinski definition) is 2. The average Bonchev–Trinajstić information content (AvgIpc) is 2.22. The summed E-state index contributed by atoms with van der Waals surface area (Å²) < 4.78 is 0. The van der Waals surface area contributed by atoms with Crippen molar-refractivity contribution in [2.24, 2.45) is 0 Å². The summed E-state index contributed by atoms with van der Waals surface area (Å²) in [6.45, 7) is 4.70. The van der Waals surface area contributed by atoms with Crippen molar-refractivity contribution in [1.82, 2.24) is 15.1 Å². The minimum atomic E-state index is -1.09. The van der Waals surface area contributed by atoms with E-state index in [1.807, 2.05) is 0 Å². The van der Waals surface area contributed by atoms with Gasteiger partial charge in [-0.15, -0.1) is 0 Å². The molecule has 7 nitrogen and oxygen atoms in total. The van der Waals surface area contributed by atoms with Crippen molar-refractivity contribution in [1.29, 1.82) is 0 Å². The number of urea groups is 1. The van der Waals surface area contributed by atoms with Crippen LogP contribution in [0.15, 0.2) is 0 Å². The Morgan fingerprint density at radius 1 is 1.17 bits per heavy atom. The van der Waals surface area contributed by atoms with Crippen molar-refractivity contribution in [2.45, 2.75) is 26.3 Å². The summed E-state index contributed by atoms with van der Waals surface area (Å²) in [5.74, 6) is -1.40. The van der Waals surface area contributed by atoms with E-state index in [4.69, 9.17) is 5.11 Å². The Morgan fingerprint density at radius 2 is 1.67 bits per heavy atom. The second-order valence-electron chi connectivity index (χ2n) is 4.96. The Morgan fingerprint density at radius 3 is 2.00 bits per heavy atom. The summed E-state index contributed by atoms with van der Waals surface area (Å²) in [5.41, 5.74) is -0.633. The van der Waals surface area contributed by atoms with Gasteiger partial charge in [0.05, 0.1) is 0 Å². The highest BCUT2D eigenvalue weighted by Gasteiger charge is 2.30. The molecule has 7 heteroatoms. The molecule has 0 heterocycles. The van der Waals surface area contributed by atoms with Gasteiger partial charge in [-0.2, -0.15) is 0 Å². The Kier molecular flexibility index (Phi) is 5.61. The number of rotatable bonds is 4. The van der Waals surface area contributed by atoms with Crippen LogP contribution in [-0.4, -0.2) is 65.5 Å². The fraction of sp³-hybridized carbons (Fsp3) is 0.727. The number of hydrogen-bond acceptors (Lipinski definition) is 3. The van der Waals surface area contributed by atoms with Crippen molar-refractivity contribution < 1.29 is 19.5 Å². The standard InChI is InChI=1S/C11H21N3O4/c1-11(2,3)14(7-9(16)17)10(18)13(5)6-8(15)12-4/h6-7H2,1-5H3,(H,12,15)(H,16,17). The van der Waals surface area contributed by atoms with Crippen LogP contribution in [0.25, 0.3) is 0 Å². The van der Waals surface area contributed by atoms with Crippen molar-refractivity contribution in [2.75, 3.05) is 27.2 Å². The van der Waals surface area contributed by atoms with Crippen LogP contribution in [0.1, 0.15) is 20.8 Å². The molecular formula is C11H21N3O4. The highest BCUT2D eigenvalue weighted by Crippen LogP contribution is 2.14. The molecule has 0 fully saturated rings. The van der Waals surface area contributed by atoms with Crippen LogP contribution in [0.2, 0.25) is 0 Å². The Balaban J connectivity index is 4.85. The van der Waals surface area contributed by atoms with Crippen molar-refractivity contribution >= 4 is 17.9 Å². The number of carboxylic acid groups (broad SMARTS) is 1. The predicted octanol–water partition coefficient (Wildman–Crippen LogP) is -0.0307. The van der Waals surface area contributed by atoms with Gasteiger partial charge in [0.15, 0.2) is 0 Å². The van der Waals surface area contributed by atoms with Gasteiger partial charge in [0.2, 0.25) is 5.91 Å². The van der Waals surface area contributed by atoms with Gasteiger partial charge >= 0.3 is 12.0 Å². The van der Waals surface area contributed by atoms with E-state index in [1.54, 1.807) is 20.8 Å². The number of likely N-dealkylation sites (N-methyl/N-ethyl adjacent to an activating group) is 2. The largest absolute Gasteiger partial charge is 0.480 e. The number of amides is 3. The Hall–Kier alpha value is -1.79. The second kappa shape index (κ2) is 6.23. The average molecular weight is 259 g/mol. The molecule has 0 rings (SSSR count). The molecule has 2 N–H and O–H groups in total. The zero-order chi connectivity index (χ0) is 14.5. The van der Waals surface area contributed by atoms with Crippen LogP contribution in [0, 0.1) is 0 Å². The number of carbonyl (C=O) groups excluding carboxylic acids is 2. The van der Waals surface area contributed by atoms with Gasteiger partial charge in [-0.05, 0) is 20.8 Å². The topological polar surface area (TPSA) is 90.0 Å². The quantitative estimate of drug-likeness (QED) is 0.742. The lowest BCUT2D eigenvalue weighted by Crippen LogP contribution is -2.54. The summed E-state index contributed by atoms with van der Waals surface area (Å²) in [4.78, 5) is 36.4. The third-order valence-electron chi connectivity index (χ3n) is 2.32. The molecule has 0 radical (unpaired) electrons. The first-order valence-electron chi connectivity index (χ1n) is 5.54. The first-order valence-corrected chi connectivity index (χ1v) is 5.54. The molecule has 18 heavy (non-hydrogen) atoms. The number of nitrogens with one attached hydrogen (secondary N) is 1. The SMILES string of the molecule is CNC(=O)CN(C)C(=O)N(CC(=O)O)C(C)(C)C. The molecule has 0 saturated carbocycles. The molecular weight excluding hydrogens is 238 g/mol. The molecule has 0 saturated heterocycles. The fourth-order valence-electron chi connectivity index (χ4n) is 1.30. The van der Waals surface area contributed by atoms with E-state index in [-0.39, 0.29) is 12.5 Å². The molecule has 0 aromatic carbocycles. The van der Waals surface area contributed by atoms with E-state index in [0.717, 1.165) is 0 Å². The van der Waals surface area contributed by atoms with Crippen molar-refractivity contribution in [3.05, 3.63) is 0 Å². The number of aliphatic carboxylic acids is 1. The molecule has 0 spiro atoms. The van der Waals surface area contributed by atoms with E-state index < -0.39 is 24.1 Å². The normalized spacial score (nSPS) is 10.7. The lowest BCUT2D eigenvalue weighted by Gasteiger charge is -2.36. The fourth-order valence-corrected chi connectivity index (χ4v) is 1.30. The van der Waals surface area contributed by atoms with Gasteiger partial charge in [-0.1, -0.05) is 0 Å². The van der Waals surface area contributed by atoms with Crippen LogP contribution in [0.4, 0.5) is 4.79 Å². The third kappa shape index (κ3) is 5.03. The summed E-state index contributed by atoms with van der Waals surface area (Å²) in [6.07, 6.45) is 0. The van der Waals surface area contributed by atoms with Gasteiger partial charge in [-0.25, -0.2) is 4.79 Å².